The lowest BCUT2D eigenvalue weighted by Crippen LogP contribution is -2.41. The van der Waals surface area contributed by atoms with Crippen LogP contribution in [-0.2, 0) is 6.42 Å². The topological polar surface area (TPSA) is 32.3 Å². The average Bonchev–Trinajstić information content (AvgIpc) is 2.95. The predicted octanol–water partition coefficient (Wildman–Crippen LogP) is 2.89. The molecule has 0 amide bonds. The Morgan fingerprint density at radius 3 is 3.17 bits per heavy atom. The molecule has 98 valence electrons. The second-order valence-electron chi connectivity index (χ2n) is 5.31. The highest BCUT2D eigenvalue weighted by Gasteiger charge is 2.33. The van der Waals surface area contributed by atoms with Gasteiger partial charge < -0.3 is 10.4 Å². The standard InChI is InChI=1S/C14H18BrNOS/c15-12-3-1-2-11-10(12)4-5-13(11)16-8-14(17)6-7-18-9-14/h1-3,13,16-17H,4-9H2/t13-,14+/m1/s1. The highest BCUT2D eigenvalue weighted by Crippen LogP contribution is 2.36. The van der Waals surface area contributed by atoms with Gasteiger partial charge in [-0.3, -0.25) is 0 Å². The van der Waals surface area contributed by atoms with Crippen LogP contribution in [0.1, 0.15) is 30.0 Å². The van der Waals surface area contributed by atoms with Gasteiger partial charge in [0.05, 0.1) is 5.60 Å². The summed E-state index contributed by atoms with van der Waals surface area (Å²) in [5.74, 6) is 1.96. The van der Waals surface area contributed by atoms with E-state index in [4.69, 9.17) is 0 Å². The molecule has 0 saturated carbocycles. The van der Waals surface area contributed by atoms with Gasteiger partial charge in [-0.15, -0.1) is 0 Å². The Hall–Kier alpha value is -0.0300. The van der Waals surface area contributed by atoms with Gasteiger partial charge in [-0.25, -0.2) is 0 Å². The van der Waals surface area contributed by atoms with Crippen LogP contribution in [0.5, 0.6) is 0 Å². The number of nitrogens with one attached hydrogen (secondary N) is 1. The van der Waals surface area contributed by atoms with Crippen LogP contribution in [0.4, 0.5) is 0 Å². The van der Waals surface area contributed by atoms with Crippen molar-refractivity contribution in [3.05, 3.63) is 33.8 Å². The summed E-state index contributed by atoms with van der Waals surface area (Å²) < 4.78 is 1.22. The van der Waals surface area contributed by atoms with Crippen molar-refractivity contribution >= 4 is 27.7 Å². The Kier molecular flexibility index (Phi) is 3.72. The van der Waals surface area contributed by atoms with Crippen molar-refractivity contribution < 1.29 is 5.11 Å². The summed E-state index contributed by atoms with van der Waals surface area (Å²) in [4.78, 5) is 0. The minimum atomic E-state index is -0.487. The summed E-state index contributed by atoms with van der Waals surface area (Å²) in [7, 11) is 0. The normalized spacial score (nSPS) is 30.7. The average molecular weight is 328 g/mol. The number of hydrogen-bond donors (Lipinski definition) is 2. The van der Waals surface area contributed by atoms with Crippen LogP contribution >= 0.6 is 27.7 Å². The molecule has 0 spiro atoms. The van der Waals surface area contributed by atoms with Gasteiger partial charge in [0.15, 0.2) is 0 Å². The molecule has 0 unspecified atom stereocenters. The highest BCUT2D eigenvalue weighted by atomic mass is 79.9. The summed E-state index contributed by atoms with van der Waals surface area (Å²) in [6.07, 6.45) is 3.19. The zero-order chi connectivity index (χ0) is 12.6. The van der Waals surface area contributed by atoms with Crippen LogP contribution in [0, 0.1) is 0 Å². The fourth-order valence-corrected chi connectivity index (χ4v) is 4.75. The lowest BCUT2D eigenvalue weighted by molar-refractivity contribution is 0.0646. The maximum atomic E-state index is 10.4. The van der Waals surface area contributed by atoms with Gasteiger partial charge in [0, 0.05) is 22.8 Å². The van der Waals surface area contributed by atoms with Crippen molar-refractivity contribution in [2.75, 3.05) is 18.1 Å². The Morgan fingerprint density at radius 2 is 2.39 bits per heavy atom. The molecule has 2 atom stereocenters. The number of thioether (sulfide) groups is 1. The van der Waals surface area contributed by atoms with E-state index in [1.807, 2.05) is 11.8 Å². The Bertz CT molecular complexity index is 445. The van der Waals surface area contributed by atoms with Gasteiger partial charge in [0.25, 0.3) is 0 Å². The minimum absolute atomic E-state index is 0.409. The molecule has 1 aromatic carbocycles. The molecular weight excluding hydrogens is 310 g/mol. The summed E-state index contributed by atoms with van der Waals surface area (Å²) >= 11 is 5.48. The third kappa shape index (κ3) is 2.48. The van der Waals surface area contributed by atoms with E-state index < -0.39 is 5.60 Å². The molecule has 2 N–H and O–H groups in total. The molecule has 2 nitrogen and oxygen atoms in total. The second-order valence-corrected chi connectivity index (χ2v) is 7.27. The van der Waals surface area contributed by atoms with Crippen molar-refractivity contribution in [2.24, 2.45) is 0 Å². The first-order valence-electron chi connectivity index (χ1n) is 6.49. The van der Waals surface area contributed by atoms with Crippen LogP contribution in [0.15, 0.2) is 22.7 Å². The Morgan fingerprint density at radius 1 is 1.50 bits per heavy atom. The van der Waals surface area contributed by atoms with E-state index in [1.54, 1.807) is 0 Å². The molecular formula is C14H18BrNOS. The summed E-state index contributed by atoms with van der Waals surface area (Å²) in [6, 6.07) is 6.83. The third-order valence-corrected chi connectivity index (χ3v) is 5.95. The van der Waals surface area contributed by atoms with Crippen LogP contribution in [-0.4, -0.2) is 28.8 Å². The zero-order valence-electron chi connectivity index (χ0n) is 10.3. The number of rotatable bonds is 3. The van der Waals surface area contributed by atoms with Crippen molar-refractivity contribution in [3.8, 4) is 0 Å². The molecule has 1 aromatic rings. The SMILES string of the molecule is O[C@]1(CN[C@@H]2CCc3c(Br)cccc32)CCSC1. The van der Waals surface area contributed by atoms with Crippen molar-refractivity contribution in [2.45, 2.75) is 30.9 Å². The summed E-state index contributed by atoms with van der Waals surface area (Å²) in [5, 5.41) is 13.9. The Labute approximate surface area is 121 Å². The molecule has 4 heteroatoms. The Balaban J connectivity index is 1.68. The first-order chi connectivity index (χ1) is 8.68. The van der Waals surface area contributed by atoms with Crippen molar-refractivity contribution in [1.29, 1.82) is 0 Å². The largest absolute Gasteiger partial charge is 0.388 e. The number of aliphatic hydroxyl groups is 1. The summed E-state index contributed by atoms with van der Waals surface area (Å²) in [6.45, 7) is 0.719. The lowest BCUT2D eigenvalue weighted by Gasteiger charge is -2.24. The minimum Gasteiger partial charge on any atom is -0.388 e. The van der Waals surface area contributed by atoms with E-state index in [0.29, 0.717) is 6.04 Å². The lowest BCUT2D eigenvalue weighted by atomic mass is 10.0. The maximum Gasteiger partial charge on any atom is 0.0869 e. The molecule has 3 rings (SSSR count). The monoisotopic (exact) mass is 327 g/mol. The smallest absolute Gasteiger partial charge is 0.0869 e. The molecule has 2 aliphatic rings. The number of halogens is 1. The van der Waals surface area contributed by atoms with Gasteiger partial charge >= 0.3 is 0 Å². The van der Waals surface area contributed by atoms with Gasteiger partial charge in [0.2, 0.25) is 0 Å². The third-order valence-electron chi connectivity index (χ3n) is 3.97. The van der Waals surface area contributed by atoms with E-state index >= 15 is 0 Å². The molecule has 0 bridgehead atoms. The number of benzene rings is 1. The highest BCUT2D eigenvalue weighted by molar-refractivity contribution is 9.10. The van der Waals surface area contributed by atoms with E-state index in [1.165, 1.54) is 15.6 Å². The molecule has 0 radical (unpaired) electrons. The quantitative estimate of drug-likeness (QED) is 0.895. The van der Waals surface area contributed by atoms with Gasteiger partial charge in [-0.05, 0) is 42.2 Å². The van der Waals surface area contributed by atoms with E-state index in [0.717, 1.165) is 37.3 Å². The van der Waals surface area contributed by atoms with Crippen molar-refractivity contribution in [1.82, 2.24) is 5.32 Å². The maximum absolute atomic E-state index is 10.4. The molecule has 1 heterocycles. The number of hydrogen-bond acceptors (Lipinski definition) is 3. The fraction of sp³-hybridized carbons (Fsp3) is 0.571. The molecule has 1 aliphatic heterocycles. The second kappa shape index (κ2) is 5.16. The van der Waals surface area contributed by atoms with E-state index in [9.17, 15) is 5.11 Å². The van der Waals surface area contributed by atoms with E-state index in [-0.39, 0.29) is 0 Å². The molecule has 0 aromatic heterocycles. The summed E-state index contributed by atoms with van der Waals surface area (Å²) in [5.41, 5.74) is 2.35. The molecule has 18 heavy (non-hydrogen) atoms. The first kappa shape index (κ1) is 13.0. The first-order valence-corrected chi connectivity index (χ1v) is 8.44. The zero-order valence-corrected chi connectivity index (χ0v) is 12.7. The van der Waals surface area contributed by atoms with Crippen LogP contribution in [0.3, 0.4) is 0 Å². The van der Waals surface area contributed by atoms with Gasteiger partial charge in [-0.1, -0.05) is 28.1 Å². The van der Waals surface area contributed by atoms with Crippen LogP contribution < -0.4 is 5.32 Å². The van der Waals surface area contributed by atoms with Crippen molar-refractivity contribution in [3.63, 3.8) is 0 Å². The molecule has 1 aliphatic carbocycles. The molecule has 1 saturated heterocycles. The predicted molar refractivity (Wildman–Crippen MR) is 80.1 cm³/mol. The van der Waals surface area contributed by atoms with E-state index in [2.05, 4.69) is 39.4 Å². The molecule has 1 fully saturated rings. The van der Waals surface area contributed by atoms with Crippen LogP contribution in [0.25, 0.3) is 0 Å². The van der Waals surface area contributed by atoms with Crippen LogP contribution in [0.2, 0.25) is 0 Å². The fourth-order valence-electron chi connectivity index (χ4n) is 2.87. The van der Waals surface area contributed by atoms with Gasteiger partial charge in [-0.2, -0.15) is 11.8 Å². The van der Waals surface area contributed by atoms with Gasteiger partial charge in [0.1, 0.15) is 0 Å². The number of fused-ring (bicyclic) bond motifs is 1.